The van der Waals surface area contributed by atoms with Crippen LogP contribution in [0.15, 0.2) is 54.6 Å². The molecule has 0 aliphatic rings. The summed E-state index contributed by atoms with van der Waals surface area (Å²) in [5.74, 6) is 0.769. The lowest BCUT2D eigenvalue weighted by atomic mass is 10.0. The van der Waals surface area contributed by atoms with Gasteiger partial charge in [0.2, 0.25) is 0 Å². The molecule has 0 amide bonds. The van der Waals surface area contributed by atoms with Crippen molar-refractivity contribution < 1.29 is 18.8 Å². The number of likely N-dealkylation sites (N-methyl/N-ethyl adjacent to an activating group) is 1. The smallest absolute Gasteiger partial charge is 0.365 e. The third kappa shape index (κ3) is 13.4. The number of carbonyl (C=O) groups is 1. The van der Waals surface area contributed by atoms with Gasteiger partial charge in [0.1, 0.15) is 25.0 Å². The van der Waals surface area contributed by atoms with Crippen molar-refractivity contribution in [2.24, 2.45) is 0 Å². The number of rotatable bonds is 22. The summed E-state index contributed by atoms with van der Waals surface area (Å²) in [6, 6.07) is 18.4. The van der Waals surface area contributed by atoms with Gasteiger partial charge in [-0.25, -0.2) is 4.79 Å². The largest absolute Gasteiger partial charge is 0.487 e. The highest BCUT2D eigenvalue weighted by atomic mass is 16.6. The second-order valence-corrected chi connectivity index (χ2v) is 12.2. The minimum Gasteiger partial charge on any atom is -0.487 e. The topological polar surface area (TPSA) is 35.5 Å². The molecule has 40 heavy (non-hydrogen) atoms. The number of carbonyl (C=O) groups excluding carboxylic acids is 1. The van der Waals surface area contributed by atoms with Crippen molar-refractivity contribution >= 4 is 5.97 Å². The van der Waals surface area contributed by atoms with Crippen LogP contribution >= 0.6 is 0 Å². The Balaban J connectivity index is 1.70. The van der Waals surface area contributed by atoms with E-state index in [-0.39, 0.29) is 24.7 Å². The molecule has 4 nitrogen and oxygen atoms in total. The van der Waals surface area contributed by atoms with Crippen molar-refractivity contribution in [1.82, 2.24) is 0 Å². The molecule has 224 valence electrons. The Labute approximate surface area is 246 Å². The number of ether oxygens (including phenoxy) is 2. The van der Waals surface area contributed by atoms with Crippen LogP contribution in [0.2, 0.25) is 0 Å². The Bertz CT molecular complexity index is 927. The summed E-state index contributed by atoms with van der Waals surface area (Å²) in [5, 5.41) is 0. The number of unbranched alkanes of at least 4 members (excludes halogenated alkanes) is 11. The second kappa shape index (κ2) is 19.7. The van der Waals surface area contributed by atoms with Gasteiger partial charge in [-0.2, -0.15) is 0 Å². The molecule has 2 atom stereocenters. The molecule has 2 aromatic carbocycles. The highest BCUT2D eigenvalue weighted by Gasteiger charge is 2.35. The molecule has 2 aromatic rings. The van der Waals surface area contributed by atoms with Gasteiger partial charge in [0, 0.05) is 12.0 Å². The summed E-state index contributed by atoms with van der Waals surface area (Å²) >= 11 is 0. The maximum absolute atomic E-state index is 13.1. The summed E-state index contributed by atoms with van der Waals surface area (Å²) in [6.07, 6.45) is 17.9. The molecular weight excluding hydrogens is 494 g/mol. The molecule has 0 bridgehead atoms. The maximum Gasteiger partial charge on any atom is 0.365 e. The first kappa shape index (κ1) is 33.9. The van der Waals surface area contributed by atoms with Gasteiger partial charge in [-0.15, -0.1) is 0 Å². The molecule has 0 N–H and O–H groups in total. The van der Waals surface area contributed by atoms with E-state index in [9.17, 15) is 4.79 Å². The highest BCUT2D eigenvalue weighted by molar-refractivity contribution is 5.74. The van der Waals surface area contributed by atoms with Crippen LogP contribution < -0.4 is 4.74 Å². The zero-order valence-corrected chi connectivity index (χ0v) is 26.3. The van der Waals surface area contributed by atoms with Crippen LogP contribution in [-0.4, -0.2) is 43.3 Å². The molecule has 0 heterocycles. The fraction of sp³-hybridized carbons (Fsp3) is 0.639. The first-order chi connectivity index (χ1) is 19.4. The van der Waals surface area contributed by atoms with Crippen LogP contribution in [0.1, 0.15) is 115 Å². The average Bonchev–Trinajstić information content (AvgIpc) is 2.94. The van der Waals surface area contributed by atoms with Crippen LogP contribution in [0.3, 0.4) is 0 Å². The van der Waals surface area contributed by atoms with Crippen molar-refractivity contribution in [2.45, 2.75) is 129 Å². The molecule has 0 aliphatic heterocycles. The molecule has 0 fully saturated rings. The van der Waals surface area contributed by atoms with Gasteiger partial charge in [0.25, 0.3) is 0 Å². The molecule has 4 heteroatoms. The Hall–Kier alpha value is -2.33. The molecular formula is C36H58NO3+. The summed E-state index contributed by atoms with van der Waals surface area (Å²) in [7, 11) is 4.21. The molecule has 2 unspecified atom stereocenters. The van der Waals surface area contributed by atoms with E-state index in [1.165, 1.54) is 88.2 Å². The number of esters is 1. The number of hydrogen-bond donors (Lipinski definition) is 0. The quantitative estimate of drug-likeness (QED) is 0.0829. The SMILES string of the molecule is CCCCCCCCCCCCCCc1ccccc1OC(C)COC(=O)C(CC)[N+](C)(C)Cc1ccccc1. The Morgan fingerprint density at radius 2 is 1.30 bits per heavy atom. The zero-order chi connectivity index (χ0) is 29.1. The fourth-order valence-electron chi connectivity index (χ4n) is 5.64. The van der Waals surface area contributed by atoms with E-state index in [4.69, 9.17) is 9.47 Å². The van der Waals surface area contributed by atoms with Crippen LogP contribution in [0.5, 0.6) is 5.75 Å². The highest BCUT2D eigenvalue weighted by Crippen LogP contribution is 2.23. The molecule has 0 spiro atoms. The number of quaternary nitrogens is 1. The number of hydrogen-bond acceptors (Lipinski definition) is 3. The summed E-state index contributed by atoms with van der Waals surface area (Å²) in [5.41, 5.74) is 2.47. The van der Waals surface area contributed by atoms with Gasteiger partial charge in [-0.3, -0.25) is 0 Å². The minimum absolute atomic E-state index is 0.149. The van der Waals surface area contributed by atoms with Crippen LogP contribution in [0.4, 0.5) is 0 Å². The van der Waals surface area contributed by atoms with E-state index in [1.54, 1.807) is 0 Å². The predicted molar refractivity (Wildman–Crippen MR) is 169 cm³/mol. The van der Waals surface area contributed by atoms with E-state index < -0.39 is 0 Å². The Morgan fingerprint density at radius 3 is 1.90 bits per heavy atom. The van der Waals surface area contributed by atoms with E-state index in [0.717, 1.165) is 25.1 Å². The summed E-state index contributed by atoms with van der Waals surface area (Å²) < 4.78 is 12.6. The van der Waals surface area contributed by atoms with E-state index in [1.807, 2.05) is 37.3 Å². The van der Waals surface area contributed by atoms with Gasteiger partial charge in [0.05, 0.1) is 14.1 Å². The third-order valence-corrected chi connectivity index (χ3v) is 8.00. The number of benzene rings is 2. The Morgan fingerprint density at radius 1 is 0.750 bits per heavy atom. The van der Waals surface area contributed by atoms with E-state index in [0.29, 0.717) is 4.48 Å². The molecule has 0 saturated carbocycles. The number of aryl methyl sites for hydroxylation is 1. The van der Waals surface area contributed by atoms with Crippen molar-refractivity contribution in [3.05, 3.63) is 65.7 Å². The van der Waals surface area contributed by atoms with Gasteiger partial charge in [-0.05, 0) is 31.4 Å². The first-order valence-electron chi connectivity index (χ1n) is 16.1. The van der Waals surface area contributed by atoms with Crippen molar-refractivity contribution in [2.75, 3.05) is 20.7 Å². The van der Waals surface area contributed by atoms with E-state index >= 15 is 0 Å². The van der Waals surface area contributed by atoms with Crippen molar-refractivity contribution in [1.29, 1.82) is 0 Å². The monoisotopic (exact) mass is 552 g/mol. The molecule has 2 rings (SSSR count). The average molecular weight is 553 g/mol. The number of nitrogens with zero attached hydrogens (tertiary/aromatic N) is 1. The lowest BCUT2D eigenvalue weighted by molar-refractivity contribution is -0.919. The van der Waals surface area contributed by atoms with Crippen LogP contribution in [0.25, 0.3) is 0 Å². The normalized spacial score (nSPS) is 13.1. The lowest BCUT2D eigenvalue weighted by Gasteiger charge is -2.36. The fourth-order valence-corrected chi connectivity index (χ4v) is 5.64. The predicted octanol–water partition coefficient (Wildman–Crippen LogP) is 9.30. The maximum atomic E-state index is 13.1. The molecule has 0 aliphatic carbocycles. The summed E-state index contributed by atoms with van der Waals surface area (Å²) in [4.78, 5) is 13.1. The van der Waals surface area contributed by atoms with Gasteiger partial charge < -0.3 is 14.0 Å². The van der Waals surface area contributed by atoms with Crippen LogP contribution in [0, 0.1) is 0 Å². The summed E-state index contributed by atoms with van der Waals surface area (Å²) in [6.45, 7) is 7.37. The second-order valence-electron chi connectivity index (χ2n) is 12.2. The molecule has 0 aromatic heterocycles. The zero-order valence-electron chi connectivity index (χ0n) is 26.3. The van der Waals surface area contributed by atoms with Crippen molar-refractivity contribution in [3.63, 3.8) is 0 Å². The Kier molecular flexibility index (Phi) is 16.7. The third-order valence-electron chi connectivity index (χ3n) is 8.00. The van der Waals surface area contributed by atoms with Crippen molar-refractivity contribution in [3.8, 4) is 5.75 Å². The standard InChI is InChI=1S/C36H58NO3/c1-6-8-9-10-11-12-13-14-15-16-17-21-26-33-27-22-23-28-35(33)40-31(3)30-39-36(38)34(7-2)37(4,5)29-32-24-19-18-20-25-32/h18-20,22-25,27-28,31,34H,6-17,21,26,29-30H2,1-5H3/q+1. The minimum atomic E-state index is -0.217. The number of para-hydroxylation sites is 1. The lowest BCUT2D eigenvalue weighted by Crippen LogP contribution is -2.52. The first-order valence-corrected chi connectivity index (χ1v) is 16.1. The van der Waals surface area contributed by atoms with Gasteiger partial charge in [-0.1, -0.05) is 133 Å². The van der Waals surface area contributed by atoms with Crippen LogP contribution in [-0.2, 0) is 22.5 Å². The molecule has 0 radical (unpaired) electrons. The molecule has 0 saturated heterocycles. The van der Waals surface area contributed by atoms with Gasteiger partial charge >= 0.3 is 5.97 Å². The van der Waals surface area contributed by atoms with E-state index in [2.05, 4.69) is 52.2 Å². The van der Waals surface area contributed by atoms with Gasteiger partial charge in [0.15, 0.2) is 6.04 Å².